The second-order valence-corrected chi connectivity index (χ2v) is 3.59. The Balaban J connectivity index is 2.88. The molecule has 0 atom stereocenters. The van der Waals surface area contributed by atoms with E-state index in [2.05, 4.69) is 46.0 Å². The van der Waals surface area contributed by atoms with Crippen molar-refractivity contribution in [3.05, 3.63) is 40.5 Å². The van der Waals surface area contributed by atoms with Gasteiger partial charge in [0.2, 0.25) is 0 Å². The first-order valence-electron chi connectivity index (χ1n) is 3.79. The monoisotopic (exact) mass is 221 g/mol. The first kappa shape index (κ1) is 7.74. The third-order valence-electron chi connectivity index (χ3n) is 1.89. The molecule has 0 radical (unpaired) electrons. The third-order valence-corrected chi connectivity index (χ3v) is 2.33. The van der Waals surface area contributed by atoms with Crippen molar-refractivity contribution in [2.75, 3.05) is 0 Å². The average Bonchev–Trinajstić information content (AvgIpc) is 2.07. The number of fused-ring (bicyclic) bond motifs is 1. The van der Waals surface area contributed by atoms with Gasteiger partial charge in [-0.3, -0.25) is 0 Å². The first-order valence-corrected chi connectivity index (χ1v) is 4.58. The molecular formula is C10H8BrN. The third kappa shape index (κ3) is 1.23. The molecule has 0 saturated heterocycles. The van der Waals surface area contributed by atoms with Gasteiger partial charge in [-0.1, -0.05) is 24.3 Å². The largest absolute Gasteiger partial charge is 0.241 e. The zero-order valence-electron chi connectivity index (χ0n) is 6.71. The Morgan fingerprint density at radius 3 is 2.83 bits per heavy atom. The van der Waals surface area contributed by atoms with Crippen molar-refractivity contribution in [2.45, 2.75) is 6.92 Å². The van der Waals surface area contributed by atoms with Crippen LogP contribution in [0.15, 0.2) is 34.9 Å². The van der Waals surface area contributed by atoms with Gasteiger partial charge in [0, 0.05) is 5.39 Å². The smallest absolute Gasteiger partial charge is 0.106 e. The summed E-state index contributed by atoms with van der Waals surface area (Å²) in [5.41, 5.74) is 2.29. The molecule has 2 rings (SSSR count). The van der Waals surface area contributed by atoms with Crippen LogP contribution in [0.4, 0.5) is 0 Å². The summed E-state index contributed by atoms with van der Waals surface area (Å²) in [4.78, 5) is 4.39. The summed E-state index contributed by atoms with van der Waals surface area (Å²) in [6, 6.07) is 10.2. The highest BCUT2D eigenvalue weighted by Gasteiger charge is 1.97. The highest BCUT2D eigenvalue weighted by molar-refractivity contribution is 9.10. The minimum absolute atomic E-state index is 0.893. The topological polar surface area (TPSA) is 12.9 Å². The number of halogens is 1. The van der Waals surface area contributed by atoms with E-state index >= 15 is 0 Å². The second-order valence-electron chi connectivity index (χ2n) is 2.78. The summed E-state index contributed by atoms with van der Waals surface area (Å²) in [7, 11) is 0. The lowest BCUT2D eigenvalue weighted by atomic mass is 10.1. The Bertz CT molecular complexity index is 423. The summed E-state index contributed by atoms with van der Waals surface area (Å²) in [5.74, 6) is 0. The molecule has 2 aromatic rings. The zero-order valence-corrected chi connectivity index (χ0v) is 8.30. The van der Waals surface area contributed by atoms with Crippen LogP contribution in [0.5, 0.6) is 0 Å². The van der Waals surface area contributed by atoms with Crippen LogP contribution in [0.2, 0.25) is 0 Å². The standard InChI is InChI=1S/C10H8BrN/c1-7-3-2-4-8-5-6-9(11)12-10(7)8/h2-6H,1H3. The number of benzene rings is 1. The number of pyridine rings is 1. The Hall–Kier alpha value is -0.890. The fraction of sp³-hybridized carbons (Fsp3) is 0.100. The van der Waals surface area contributed by atoms with Gasteiger partial charge in [0.25, 0.3) is 0 Å². The van der Waals surface area contributed by atoms with Gasteiger partial charge in [-0.25, -0.2) is 4.98 Å². The number of hydrogen-bond donors (Lipinski definition) is 0. The fourth-order valence-corrected chi connectivity index (χ4v) is 1.58. The molecule has 1 nitrogen and oxygen atoms in total. The molecule has 0 aliphatic carbocycles. The van der Waals surface area contributed by atoms with Gasteiger partial charge in [-0.05, 0) is 34.5 Å². The van der Waals surface area contributed by atoms with Crippen molar-refractivity contribution in [2.24, 2.45) is 0 Å². The van der Waals surface area contributed by atoms with Crippen LogP contribution in [0.1, 0.15) is 5.56 Å². The molecule has 0 unspecified atom stereocenters. The minimum Gasteiger partial charge on any atom is -0.241 e. The van der Waals surface area contributed by atoms with Gasteiger partial charge in [0.05, 0.1) is 5.52 Å². The fourth-order valence-electron chi connectivity index (χ4n) is 1.27. The van der Waals surface area contributed by atoms with Gasteiger partial charge < -0.3 is 0 Å². The lowest BCUT2D eigenvalue weighted by Crippen LogP contribution is -1.82. The first-order chi connectivity index (χ1) is 5.77. The quantitative estimate of drug-likeness (QED) is 0.623. The van der Waals surface area contributed by atoms with Crippen LogP contribution in [-0.2, 0) is 0 Å². The molecule has 1 aromatic carbocycles. The van der Waals surface area contributed by atoms with E-state index in [0.29, 0.717) is 0 Å². The maximum atomic E-state index is 4.39. The predicted octanol–water partition coefficient (Wildman–Crippen LogP) is 3.31. The number of aryl methyl sites for hydroxylation is 1. The Morgan fingerprint density at radius 1 is 1.17 bits per heavy atom. The van der Waals surface area contributed by atoms with Crippen LogP contribution in [0.25, 0.3) is 10.9 Å². The lowest BCUT2D eigenvalue weighted by Gasteiger charge is -2.00. The van der Waals surface area contributed by atoms with Gasteiger partial charge in [-0.15, -0.1) is 0 Å². The molecule has 0 N–H and O–H groups in total. The molecule has 0 saturated carbocycles. The van der Waals surface area contributed by atoms with Crippen LogP contribution in [0.3, 0.4) is 0 Å². The van der Waals surface area contributed by atoms with E-state index in [9.17, 15) is 0 Å². The van der Waals surface area contributed by atoms with E-state index in [1.165, 1.54) is 10.9 Å². The van der Waals surface area contributed by atoms with Gasteiger partial charge >= 0.3 is 0 Å². The molecular weight excluding hydrogens is 214 g/mol. The molecule has 1 aromatic heterocycles. The van der Waals surface area contributed by atoms with Crippen LogP contribution in [-0.4, -0.2) is 4.98 Å². The van der Waals surface area contributed by atoms with Crippen LogP contribution < -0.4 is 0 Å². The Labute approximate surface area is 79.6 Å². The summed E-state index contributed by atoms with van der Waals surface area (Å²) >= 11 is 3.36. The van der Waals surface area contributed by atoms with Crippen molar-refractivity contribution in [3.8, 4) is 0 Å². The SMILES string of the molecule is Cc1cccc2ccc(Br)nc12. The summed E-state index contributed by atoms with van der Waals surface area (Å²) in [6.07, 6.45) is 0. The van der Waals surface area contributed by atoms with E-state index in [1.54, 1.807) is 0 Å². The molecule has 60 valence electrons. The minimum atomic E-state index is 0.893. The molecule has 0 bridgehead atoms. The predicted molar refractivity (Wildman–Crippen MR) is 54.2 cm³/mol. The summed E-state index contributed by atoms with van der Waals surface area (Å²) < 4.78 is 0.893. The van der Waals surface area contributed by atoms with E-state index in [0.717, 1.165) is 10.1 Å². The molecule has 12 heavy (non-hydrogen) atoms. The lowest BCUT2D eigenvalue weighted by molar-refractivity contribution is 1.32. The zero-order chi connectivity index (χ0) is 8.55. The van der Waals surface area contributed by atoms with E-state index in [1.807, 2.05) is 12.1 Å². The van der Waals surface area contributed by atoms with Crippen molar-refractivity contribution in [1.29, 1.82) is 0 Å². The maximum Gasteiger partial charge on any atom is 0.106 e. The van der Waals surface area contributed by atoms with E-state index in [-0.39, 0.29) is 0 Å². The number of para-hydroxylation sites is 1. The average molecular weight is 222 g/mol. The number of hydrogen-bond acceptors (Lipinski definition) is 1. The van der Waals surface area contributed by atoms with E-state index in [4.69, 9.17) is 0 Å². The highest BCUT2D eigenvalue weighted by Crippen LogP contribution is 2.18. The number of rotatable bonds is 0. The molecule has 0 aliphatic rings. The molecule has 0 fully saturated rings. The highest BCUT2D eigenvalue weighted by atomic mass is 79.9. The van der Waals surface area contributed by atoms with Gasteiger partial charge in [0.15, 0.2) is 0 Å². The summed E-state index contributed by atoms with van der Waals surface area (Å²) in [6.45, 7) is 2.07. The van der Waals surface area contributed by atoms with Crippen molar-refractivity contribution < 1.29 is 0 Å². The van der Waals surface area contributed by atoms with E-state index < -0.39 is 0 Å². The summed E-state index contributed by atoms with van der Waals surface area (Å²) in [5, 5.41) is 1.19. The van der Waals surface area contributed by atoms with Crippen LogP contribution in [0, 0.1) is 6.92 Å². The maximum absolute atomic E-state index is 4.39. The molecule has 2 heteroatoms. The Kier molecular flexibility index (Phi) is 1.85. The number of aromatic nitrogens is 1. The van der Waals surface area contributed by atoms with Gasteiger partial charge in [-0.2, -0.15) is 0 Å². The van der Waals surface area contributed by atoms with Crippen molar-refractivity contribution in [3.63, 3.8) is 0 Å². The normalized spacial score (nSPS) is 10.5. The molecule has 0 spiro atoms. The van der Waals surface area contributed by atoms with Gasteiger partial charge in [0.1, 0.15) is 4.60 Å². The molecule has 0 amide bonds. The molecule has 0 aliphatic heterocycles. The second kappa shape index (κ2) is 2.87. The van der Waals surface area contributed by atoms with Crippen molar-refractivity contribution in [1.82, 2.24) is 4.98 Å². The molecule has 1 heterocycles. The van der Waals surface area contributed by atoms with Crippen molar-refractivity contribution >= 4 is 26.8 Å². The Morgan fingerprint density at radius 2 is 2.00 bits per heavy atom. The van der Waals surface area contributed by atoms with Crippen LogP contribution >= 0.6 is 15.9 Å². The number of nitrogens with zero attached hydrogens (tertiary/aromatic N) is 1.